The summed E-state index contributed by atoms with van der Waals surface area (Å²) in [6.07, 6.45) is 2.57. The smallest absolute Gasteiger partial charge is 0.272 e. The number of aromatic nitrogens is 1. The molecule has 0 aromatic carbocycles. The third kappa shape index (κ3) is 4.21. The number of nitrogens with one attached hydrogen (secondary N) is 1. The van der Waals surface area contributed by atoms with Gasteiger partial charge in [-0.3, -0.25) is 4.79 Å². The summed E-state index contributed by atoms with van der Waals surface area (Å²) in [6.45, 7) is 5.22. The largest absolute Gasteiger partial charge is 0.387 e. The van der Waals surface area contributed by atoms with E-state index in [9.17, 15) is 4.79 Å². The van der Waals surface area contributed by atoms with Gasteiger partial charge in [-0.05, 0) is 25.5 Å². The first-order valence-corrected chi connectivity index (χ1v) is 6.57. The lowest BCUT2D eigenvalue weighted by Gasteiger charge is -2.28. The molecule has 0 spiro atoms. The zero-order chi connectivity index (χ0) is 14.3. The van der Waals surface area contributed by atoms with Gasteiger partial charge in [0.15, 0.2) is 0 Å². The minimum Gasteiger partial charge on any atom is -0.387 e. The predicted octanol–water partition coefficient (Wildman–Crippen LogP) is 2.01. The number of nitrogens with zero attached hydrogens (tertiary/aromatic N) is 2. The monoisotopic (exact) mass is 265 g/mol. The van der Waals surface area contributed by atoms with Crippen LogP contribution in [0.4, 0.5) is 5.69 Å². The van der Waals surface area contributed by atoms with Crippen LogP contribution in [0.2, 0.25) is 0 Å². The first kappa shape index (κ1) is 15.4. The van der Waals surface area contributed by atoms with E-state index in [0.717, 1.165) is 12.1 Å². The third-order valence-electron chi connectivity index (χ3n) is 3.19. The SMILES string of the molecule is CCC(C)N(CCOC)C(=O)c1ccc(NC)cn1. The number of anilines is 1. The lowest BCUT2D eigenvalue weighted by Crippen LogP contribution is -2.40. The molecular weight excluding hydrogens is 242 g/mol. The molecule has 0 aliphatic carbocycles. The molecule has 1 N–H and O–H groups in total. The molecule has 1 heterocycles. The first-order valence-electron chi connectivity index (χ1n) is 6.57. The molecule has 5 nitrogen and oxygen atoms in total. The van der Waals surface area contributed by atoms with Crippen LogP contribution in [0.15, 0.2) is 18.3 Å². The summed E-state index contributed by atoms with van der Waals surface area (Å²) >= 11 is 0. The fraction of sp³-hybridized carbons (Fsp3) is 0.571. The predicted molar refractivity (Wildman–Crippen MR) is 76.4 cm³/mol. The fourth-order valence-corrected chi connectivity index (χ4v) is 1.75. The van der Waals surface area contributed by atoms with Crippen molar-refractivity contribution in [2.75, 3.05) is 32.6 Å². The number of pyridine rings is 1. The Morgan fingerprint density at radius 3 is 2.74 bits per heavy atom. The topological polar surface area (TPSA) is 54.5 Å². The van der Waals surface area contributed by atoms with Gasteiger partial charge >= 0.3 is 0 Å². The van der Waals surface area contributed by atoms with Crippen LogP contribution < -0.4 is 5.32 Å². The highest BCUT2D eigenvalue weighted by Crippen LogP contribution is 2.11. The Morgan fingerprint density at radius 2 is 2.26 bits per heavy atom. The summed E-state index contributed by atoms with van der Waals surface area (Å²) in [7, 11) is 3.46. The van der Waals surface area contributed by atoms with Crippen molar-refractivity contribution in [3.05, 3.63) is 24.0 Å². The fourth-order valence-electron chi connectivity index (χ4n) is 1.75. The quantitative estimate of drug-likeness (QED) is 0.819. The van der Waals surface area contributed by atoms with Crippen LogP contribution in [0.1, 0.15) is 30.8 Å². The molecule has 0 bridgehead atoms. The number of hydrogen-bond donors (Lipinski definition) is 1. The van der Waals surface area contributed by atoms with Crippen molar-refractivity contribution in [2.24, 2.45) is 0 Å². The summed E-state index contributed by atoms with van der Waals surface area (Å²) in [5.74, 6) is -0.0472. The number of methoxy groups -OCH3 is 1. The van der Waals surface area contributed by atoms with Gasteiger partial charge in [-0.2, -0.15) is 0 Å². The second kappa shape index (κ2) is 7.74. The molecule has 0 aliphatic heterocycles. The van der Waals surface area contributed by atoms with E-state index in [0.29, 0.717) is 18.8 Å². The second-order valence-corrected chi connectivity index (χ2v) is 4.43. The van der Waals surface area contributed by atoms with Gasteiger partial charge in [-0.15, -0.1) is 0 Å². The molecule has 1 atom stereocenters. The molecule has 1 amide bonds. The normalized spacial score (nSPS) is 12.0. The number of carbonyl (C=O) groups is 1. The van der Waals surface area contributed by atoms with E-state index in [-0.39, 0.29) is 11.9 Å². The van der Waals surface area contributed by atoms with Gasteiger partial charge in [0.05, 0.1) is 18.5 Å². The van der Waals surface area contributed by atoms with E-state index in [1.54, 1.807) is 19.4 Å². The zero-order valence-electron chi connectivity index (χ0n) is 12.1. The van der Waals surface area contributed by atoms with Crippen LogP contribution in [0, 0.1) is 0 Å². The molecule has 0 saturated heterocycles. The van der Waals surface area contributed by atoms with Crippen LogP contribution in [-0.2, 0) is 4.74 Å². The Morgan fingerprint density at radius 1 is 1.53 bits per heavy atom. The number of ether oxygens (including phenoxy) is 1. The maximum absolute atomic E-state index is 12.4. The van der Waals surface area contributed by atoms with Crippen molar-refractivity contribution in [1.82, 2.24) is 9.88 Å². The average Bonchev–Trinajstić information content (AvgIpc) is 2.47. The molecular formula is C14H23N3O2. The minimum absolute atomic E-state index is 0.0472. The number of rotatable bonds is 7. The molecule has 19 heavy (non-hydrogen) atoms. The van der Waals surface area contributed by atoms with Gasteiger partial charge in [-0.25, -0.2) is 4.98 Å². The van der Waals surface area contributed by atoms with Gasteiger partial charge in [0.2, 0.25) is 0 Å². The molecule has 5 heteroatoms. The molecule has 0 radical (unpaired) electrons. The maximum atomic E-state index is 12.4. The Kier molecular flexibility index (Phi) is 6.29. The van der Waals surface area contributed by atoms with Crippen molar-refractivity contribution in [1.29, 1.82) is 0 Å². The number of amides is 1. The highest BCUT2D eigenvalue weighted by Gasteiger charge is 2.21. The van der Waals surface area contributed by atoms with Crippen LogP contribution in [0.3, 0.4) is 0 Å². The minimum atomic E-state index is -0.0472. The van der Waals surface area contributed by atoms with E-state index >= 15 is 0 Å². The Bertz CT molecular complexity index is 392. The van der Waals surface area contributed by atoms with Crippen molar-refractivity contribution in [3.8, 4) is 0 Å². The molecule has 1 aromatic rings. The lowest BCUT2D eigenvalue weighted by atomic mass is 10.2. The number of carbonyl (C=O) groups excluding carboxylic acids is 1. The summed E-state index contributed by atoms with van der Waals surface area (Å²) in [6, 6.07) is 3.77. The highest BCUT2D eigenvalue weighted by molar-refractivity contribution is 5.92. The molecule has 1 aromatic heterocycles. The van der Waals surface area contributed by atoms with Gasteiger partial charge < -0.3 is 15.0 Å². The van der Waals surface area contributed by atoms with Gasteiger partial charge in [-0.1, -0.05) is 6.92 Å². The molecule has 1 rings (SSSR count). The molecule has 106 valence electrons. The lowest BCUT2D eigenvalue weighted by molar-refractivity contribution is 0.0608. The summed E-state index contributed by atoms with van der Waals surface area (Å²) in [4.78, 5) is 18.4. The van der Waals surface area contributed by atoms with Crippen LogP contribution in [-0.4, -0.2) is 49.1 Å². The van der Waals surface area contributed by atoms with Crippen LogP contribution in [0.5, 0.6) is 0 Å². The van der Waals surface area contributed by atoms with Gasteiger partial charge in [0.25, 0.3) is 5.91 Å². The Balaban J connectivity index is 2.84. The average molecular weight is 265 g/mol. The summed E-state index contributed by atoms with van der Waals surface area (Å²) in [5.41, 5.74) is 1.36. The maximum Gasteiger partial charge on any atom is 0.272 e. The first-order chi connectivity index (χ1) is 9.13. The number of hydrogen-bond acceptors (Lipinski definition) is 4. The zero-order valence-corrected chi connectivity index (χ0v) is 12.1. The van der Waals surface area contributed by atoms with E-state index < -0.39 is 0 Å². The van der Waals surface area contributed by atoms with Crippen molar-refractivity contribution >= 4 is 11.6 Å². The van der Waals surface area contributed by atoms with E-state index in [2.05, 4.69) is 17.2 Å². The second-order valence-electron chi connectivity index (χ2n) is 4.43. The highest BCUT2D eigenvalue weighted by atomic mass is 16.5. The van der Waals surface area contributed by atoms with Crippen LogP contribution >= 0.6 is 0 Å². The van der Waals surface area contributed by atoms with Crippen LogP contribution in [0.25, 0.3) is 0 Å². The third-order valence-corrected chi connectivity index (χ3v) is 3.19. The van der Waals surface area contributed by atoms with Crippen molar-refractivity contribution in [2.45, 2.75) is 26.3 Å². The summed E-state index contributed by atoms with van der Waals surface area (Å²) in [5, 5.41) is 2.98. The molecule has 0 saturated carbocycles. The molecule has 0 fully saturated rings. The van der Waals surface area contributed by atoms with E-state index in [1.165, 1.54) is 0 Å². The molecule has 0 aliphatic rings. The Hall–Kier alpha value is -1.62. The molecule has 1 unspecified atom stereocenters. The van der Waals surface area contributed by atoms with Crippen molar-refractivity contribution < 1.29 is 9.53 Å². The van der Waals surface area contributed by atoms with Gasteiger partial charge in [0, 0.05) is 26.7 Å². The van der Waals surface area contributed by atoms with E-state index in [4.69, 9.17) is 4.74 Å². The summed E-state index contributed by atoms with van der Waals surface area (Å²) < 4.78 is 5.07. The Labute approximate surface area is 115 Å². The van der Waals surface area contributed by atoms with Crippen molar-refractivity contribution in [3.63, 3.8) is 0 Å². The van der Waals surface area contributed by atoms with Gasteiger partial charge in [0.1, 0.15) is 5.69 Å². The van der Waals surface area contributed by atoms with E-state index in [1.807, 2.05) is 24.9 Å². The standard InChI is InChI=1S/C14H23N3O2/c1-5-11(2)17(8-9-19-4)14(18)13-7-6-12(15-3)10-16-13/h6-7,10-11,15H,5,8-9H2,1-4H3.